The van der Waals surface area contributed by atoms with E-state index in [1.54, 1.807) is 37.3 Å². The molecule has 1 aromatic rings. The minimum absolute atomic E-state index is 0.105. The molecule has 1 saturated carbocycles. The third-order valence-electron chi connectivity index (χ3n) is 8.19. The standard InChI is InChI=1S/C29H36O7/c1-17-12-14-27(4,5)21(31)13-15-28(6)25(36-28)22-23(34-26(33)20-10-8-7-9-11-20)18(2)16-29(22,24(17)32)35-19(3)30/h7-12,18,22-23,25H,13-16H2,1-6H3/b17-12+/t18-,22+,23-,25-,28-,29+/m0/s1. The predicted molar refractivity (Wildman–Crippen MR) is 132 cm³/mol. The van der Waals surface area contributed by atoms with E-state index in [1.165, 1.54) is 6.92 Å². The van der Waals surface area contributed by atoms with E-state index in [1.807, 2.05) is 33.8 Å². The van der Waals surface area contributed by atoms with Crippen LogP contribution in [0.15, 0.2) is 42.0 Å². The van der Waals surface area contributed by atoms with Crippen molar-refractivity contribution < 1.29 is 33.4 Å². The van der Waals surface area contributed by atoms with E-state index in [-0.39, 0.29) is 23.9 Å². The lowest BCUT2D eigenvalue weighted by molar-refractivity contribution is -0.171. The average molecular weight is 497 g/mol. The van der Waals surface area contributed by atoms with Gasteiger partial charge in [-0.05, 0) is 50.3 Å². The molecule has 0 aromatic heterocycles. The van der Waals surface area contributed by atoms with Crippen molar-refractivity contribution in [2.45, 2.75) is 90.6 Å². The van der Waals surface area contributed by atoms with Crippen LogP contribution in [-0.4, -0.2) is 46.9 Å². The monoisotopic (exact) mass is 496 g/mol. The number of hydrogen-bond donors (Lipinski definition) is 0. The third-order valence-corrected chi connectivity index (χ3v) is 8.19. The van der Waals surface area contributed by atoms with Gasteiger partial charge in [0, 0.05) is 25.2 Å². The summed E-state index contributed by atoms with van der Waals surface area (Å²) in [5.41, 5.74) is -2.03. The van der Waals surface area contributed by atoms with Gasteiger partial charge in [0.1, 0.15) is 11.9 Å². The molecule has 4 rings (SSSR count). The van der Waals surface area contributed by atoms with E-state index >= 15 is 0 Å². The van der Waals surface area contributed by atoms with Gasteiger partial charge >= 0.3 is 11.9 Å². The summed E-state index contributed by atoms with van der Waals surface area (Å²) in [6, 6.07) is 8.67. The van der Waals surface area contributed by atoms with E-state index in [2.05, 4.69) is 0 Å². The van der Waals surface area contributed by atoms with Gasteiger partial charge in [0.25, 0.3) is 0 Å². The van der Waals surface area contributed by atoms with E-state index in [0.717, 1.165) is 0 Å². The summed E-state index contributed by atoms with van der Waals surface area (Å²) in [7, 11) is 0. The second kappa shape index (κ2) is 9.25. The van der Waals surface area contributed by atoms with Crippen molar-refractivity contribution in [1.29, 1.82) is 0 Å². The van der Waals surface area contributed by atoms with Gasteiger partial charge in [0.05, 0.1) is 23.2 Å². The normalized spacial score (nSPS) is 37.3. The van der Waals surface area contributed by atoms with Crippen LogP contribution in [0, 0.1) is 17.3 Å². The van der Waals surface area contributed by atoms with Crippen LogP contribution in [0.1, 0.15) is 77.6 Å². The Kier molecular flexibility index (Phi) is 6.75. The number of esters is 2. The SMILES string of the molecule is CC(=O)O[C@]12C[C@H](C)[C@H](OC(=O)c3ccccc3)[C@@H]1[C@@H]1O[C@@]1(C)CCC(=O)C(C)(C)C/C=C(\C)C2=O. The molecule has 1 aliphatic heterocycles. The number of fused-ring (bicyclic) bond motifs is 3. The Labute approximate surface area is 212 Å². The van der Waals surface area contributed by atoms with Crippen LogP contribution in [0.2, 0.25) is 0 Å². The topological polar surface area (TPSA) is 99.3 Å². The van der Waals surface area contributed by atoms with Gasteiger partial charge in [0.2, 0.25) is 5.78 Å². The first kappa shape index (κ1) is 26.3. The van der Waals surface area contributed by atoms with Crippen molar-refractivity contribution >= 4 is 23.5 Å². The Hall–Kier alpha value is -2.80. The van der Waals surface area contributed by atoms with Gasteiger partial charge in [-0.15, -0.1) is 0 Å². The number of carbonyl (C=O) groups excluding carboxylic acids is 4. The van der Waals surface area contributed by atoms with Crippen molar-refractivity contribution in [1.82, 2.24) is 0 Å². The fourth-order valence-electron chi connectivity index (χ4n) is 5.94. The quantitative estimate of drug-likeness (QED) is 0.445. The van der Waals surface area contributed by atoms with Crippen LogP contribution in [0.4, 0.5) is 0 Å². The molecular weight excluding hydrogens is 460 g/mol. The molecule has 2 aliphatic carbocycles. The van der Waals surface area contributed by atoms with Crippen LogP contribution >= 0.6 is 0 Å². The maximum atomic E-state index is 14.1. The van der Waals surface area contributed by atoms with Crippen molar-refractivity contribution in [3.05, 3.63) is 47.5 Å². The molecule has 3 aliphatic rings. The van der Waals surface area contributed by atoms with Crippen molar-refractivity contribution in [2.75, 3.05) is 0 Å². The van der Waals surface area contributed by atoms with Crippen molar-refractivity contribution in [2.24, 2.45) is 17.3 Å². The molecule has 0 radical (unpaired) electrons. The first-order valence-electron chi connectivity index (χ1n) is 12.7. The molecule has 194 valence electrons. The fourth-order valence-corrected chi connectivity index (χ4v) is 5.94. The Morgan fingerprint density at radius 3 is 2.39 bits per heavy atom. The molecule has 0 unspecified atom stereocenters. The highest BCUT2D eigenvalue weighted by atomic mass is 16.6. The van der Waals surface area contributed by atoms with E-state index in [9.17, 15) is 19.2 Å². The lowest BCUT2D eigenvalue weighted by Crippen LogP contribution is -2.52. The van der Waals surface area contributed by atoms with Gasteiger partial charge in [0.15, 0.2) is 5.60 Å². The Balaban J connectivity index is 1.80. The Morgan fingerprint density at radius 1 is 1.08 bits per heavy atom. The molecule has 0 N–H and O–H groups in total. The zero-order valence-electron chi connectivity index (χ0n) is 22.0. The number of ketones is 2. The summed E-state index contributed by atoms with van der Waals surface area (Å²) in [5.74, 6) is -2.27. The van der Waals surface area contributed by atoms with E-state index in [4.69, 9.17) is 14.2 Å². The Bertz CT molecular complexity index is 1100. The molecular formula is C29H36O7. The predicted octanol–water partition coefficient (Wildman–Crippen LogP) is 4.62. The molecule has 2 fully saturated rings. The van der Waals surface area contributed by atoms with Gasteiger partial charge in [-0.1, -0.05) is 45.0 Å². The summed E-state index contributed by atoms with van der Waals surface area (Å²) in [5, 5.41) is 0. The number of ether oxygens (including phenoxy) is 3. The maximum Gasteiger partial charge on any atom is 0.338 e. The largest absolute Gasteiger partial charge is 0.458 e. The highest BCUT2D eigenvalue weighted by molar-refractivity contribution is 6.03. The molecule has 1 aromatic carbocycles. The number of carbonyl (C=O) groups is 4. The lowest BCUT2D eigenvalue weighted by atomic mass is 9.74. The van der Waals surface area contributed by atoms with Crippen LogP contribution in [0.25, 0.3) is 0 Å². The first-order valence-corrected chi connectivity index (χ1v) is 12.7. The number of benzene rings is 1. The number of allylic oxidation sites excluding steroid dienone is 1. The number of epoxide rings is 1. The zero-order chi connectivity index (χ0) is 26.5. The molecule has 6 atom stereocenters. The summed E-state index contributed by atoms with van der Waals surface area (Å²) in [4.78, 5) is 52.5. The van der Waals surface area contributed by atoms with Gasteiger partial charge in [-0.3, -0.25) is 14.4 Å². The molecule has 7 nitrogen and oxygen atoms in total. The maximum absolute atomic E-state index is 14.1. The fraction of sp³-hybridized carbons (Fsp3) is 0.586. The molecule has 7 heteroatoms. The zero-order valence-corrected chi connectivity index (χ0v) is 22.0. The average Bonchev–Trinajstić information content (AvgIpc) is 3.41. The van der Waals surface area contributed by atoms with Crippen LogP contribution in [0.5, 0.6) is 0 Å². The van der Waals surface area contributed by atoms with Crippen LogP contribution < -0.4 is 0 Å². The van der Waals surface area contributed by atoms with Crippen molar-refractivity contribution in [3.8, 4) is 0 Å². The lowest BCUT2D eigenvalue weighted by Gasteiger charge is -2.35. The third kappa shape index (κ3) is 4.65. The summed E-state index contributed by atoms with van der Waals surface area (Å²) in [6.07, 6.45) is 1.96. The van der Waals surface area contributed by atoms with E-state index < -0.39 is 46.7 Å². The second-order valence-electron chi connectivity index (χ2n) is 11.5. The highest BCUT2D eigenvalue weighted by Gasteiger charge is 2.71. The Morgan fingerprint density at radius 2 is 1.75 bits per heavy atom. The molecule has 0 bridgehead atoms. The summed E-state index contributed by atoms with van der Waals surface area (Å²) >= 11 is 0. The number of rotatable bonds is 3. The van der Waals surface area contributed by atoms with Crippen molar-refractivity contribution in [3.63, 3.8) is 0 Å². The summed E-state index contributed by atoms with van der Waals surface area (Å²) < 4.78 is 18.2. The summed E-state index contributed by atoms with van der Waals surface area (Å²) in [6.45, 7) is 10.6. The van der Waals surface area contributed by atoms with Crippen LogP contribution in [-0.2, 0) is 28.6 Å². The molecule has 0 spiro atoms. The second-order valence-corrected chi connectivity index (χ2v) is 11.5. The molecule has 0 amide bonds. The van der Waals surface area contributed by atoms with Gasteiger partial charge < -0.3 is 14.2 Å². The minimum atomic E-state index is -1.52. The molecule has 1 heterocycles. The minimum Gasteiger partial charge on any atom is -0.458 e. The highest BCUT2D eigenvalue weighted by Crippen LogP contribution is 2.57. The van der Waals surface area contributed by atoms with E-state index in [0.29, 0.717) is 30.4 Å². The number of Topliss-reactive ketones (excluding diaryl/α,β-unsaturated/α-hetero) is 2. The smallest absolute Gasteiger partial charge is 0.338 e. The molecule has 36 heavy (non-hydrogen) atoms. The van der Waals surface area contributed by atoms with Gasteiger partial charge in [-0.25, -0.2) is 4.79 Å². The molecule has 1 saturated heterocycles. The number of hydrogen-bond acceptors (Lipinski definition) is 7. The van der Waals surface area contributed by atoms with Crippen LogP contribution in [0.3, 0.4) is 0 Å². The van der Waals surface area contributed by atoms with Gasteiger partial charge in [-0.2, -0.15) is 0 Å². The first-order chi connectivity index (χ1) is 16.8.